The number of thiophene rings is 1. The molecule has 1 N–H and O–H groups in total. The molecule has 0 fully saturated rings. The smallest absolute Gasteiger partial charge is 0.225 e. The standard InChI is InChI=1S/C17H16FNOS/c18-11-7-5-10(6-8-11)13-9-15(20)19-17-16(13)12-3-1-2-4-14(12)21-17/h5-8,13H,1-4,9H2,(H,19,20). The molecule has 21 heavy (non-hydrogen) atoms. The van der Waals surface area contributed by atoms with Gasteiger partial charge in [0.2, 0.25) is 5.91 Å². The van der Waals surface area contributed by atoms with Crippen LogP contribution in [0.25, 0.3) is 0 Å². The minimum Gasteiger partial charge on any atom is -0.317 e. The number of hydrogen-bond donors (Lipinski definition) is 1. The van der Waals surface area contributed by atoms with Crippen molar-refractivity contribution >= 4 is 22.2 Å². The van der Waals surface area contributed by atoms with E-state index in [4.69, 9.17) is 0 Å². The normalized spacial score (nSPS) is 20.6. The molecule has 1 aliphatic heterocycles. The van der Waals surface area contributed by atoms with Crippen LogP contribution in [0.4, 0.5) is 9.39 Å². The molecule has 4 rings (SSSR count). The van der Waals surface area contributed by atoms with Gasteiger partial charge in [0, 0.05) is 17.2 Å². The van der Waals surface area contributed by atoms with Crippen molar-refractivity contribution in [3.63, 3.8) is 0 Å². The second kappa shape index (κ2) is 4.95. The van der Waals surface area contributed by atoms with Crippen molar-refractivity contribution in [2.45, 2.75) is 38.0 Å². The van der Waals surface area contributed by atoms with Crippen molar-refractivity contribution in [3.8, 4) is 0 Å². The first-order valence-corrected chi connectivity index (χ1v) is 8.24. The highest BCUT2D eigenvalue weighted by atomic mass is 32.1. The van der Waals surface area contributed by atoms with E-state index in [1.807, 2.05) is 12.1 Å². The zero-order valence-electron chi connectivity index (χ0n) is 11.6. The first-order chi connectivity index (χ1) is 10.2. The molecule has 2 aliphatic rings. The number of anilines is 1. The summed E-state index contributed by atoms with van der Waals surface area (Å²) in [6.07, 6.45) is 5.15. The lowest BCUT2D eigenvalue weighted by Gasteiger charge is -2.25. The summed E-state index contributed by atoms with van der Waals surface area (Å²) in [6.45, 7) is 0. The number of halogens is 1. The summed E-state index contributed by atoms with van der Waals surface area (Å²) >= 11 is 1.74. The Morgan fingerprint density at radius 2 is 1.90 bits per heavy atom. The number of amides is 1. The Morgan fingerprint density at radius 3 is 2.71 bits per heavy atom. The molecule has 1 amide bonds. The van der Waals surface area contributed by atoms with Gasteiger partial charge in [-0.05, 0) is 54.5 Å². The summed E-state index contributed by atoms with van der Waals surface area (Å²) in [5, 5.41) is 4.05. The van der Waals surface area contributed by atoms with E-state index in [-0.39, 0.29) is 17.6 Å². The van der Waals surface area contributed by atoms with E-state index < -0.39 is 0 Å². The third kappa shape index (κ3) is 2.18. The number of benzene rings is 1. The van der Waals surface area contributed by atoms with Gasteiger partial charge in [-0.3, -0.25) is 4.79 Å². The summed E-state index contributed by atoms with van der Waals surface area (Å²) in [5.41, 5.74) is 3.77. The van der Waals surface area contributed by atoms with E-state index in [2.05, 4.69) is 5.32 Å². The first kappa shape index (κ1) is 13.0. The maximum atomic E-state index is 13.2. The molecular formula is C17H16FNOS. The first-order valence-electron chi connectivity index (χ1n) is 7.42. The fraction of sp³-hybridized carbons (Fsp3) is 0.353. The minimum atomic E-state index is -0.230. The second-order valence-corrected chi connectivity index (χ2v) is 6.92. The topological polar surface area (TPSA) is 29.1 Å². The van der Waals surface area contributed by atoms with Crippen LogP contribution in [0.3, 0.4) is 0 Å². The van der Waals surface area contributed by atoms with Gasteiger partial charge in [-0.2, -0.15) is 0 Å². The molecule has 1 aliphatic carbocycles. The fourth-order valence-corrected chi connectivity index (χ4v) is 4.86. The predicted molar refractivity (Wildman–Crippen MR) is 82.5 cm³/mol. The van der Waals surface area contributed by atoms with Crippen molar-refractivity contribution in [2.24, 2.45) is 0 Å². The maximum Gasteiger partial charge on any atom is 0.225 e. The Bertz CT molecular complexity index is 704. The molecule has 108 valence electrons. The average Bonchev–Trinajstić information content (AvgIpc) is 2.85. The zero-order chi connectivity index (χ0) is 14.4. The van der Waals surface area contributed by atoms with Crippen LogP contribution in [-0.4, -0.2) is 5.91 Å². The Hall–Kier alpha value is -1.68. The lowest BCUT2D eigenvalue weighted by Crippen LogP contribution is -2.23. The van der Waals surface area contributed by atoms with Gasteiger partial charge in [0.1, 0.15) is 5.82 Å². The molecule has 4 heteroatoms. The average molecular weight is 301 g/mol. The SMILES string of the molecule is O=C1CC(c2ccc(F)cc2)c2c(sc3c2CCCC3)N1. The Labute approximate surface area is 127 Å². The summed E-state index contributed by atoms with van der Waals surface area (Å²) in [6, 6.07) is 6.60. The van der Waals surface area contributed by atoms with Crippen LogP contribution < -0.4 is 5.32 Å². The molecule has 2 aromatic rings. The number of hydrogen-bond acceptors (Lipinski definition) is 2. The van der Waals surface area contributed by atoms with Gasteiger partial charge in [-0.25, -0.2) is 4.39 Å². The van der Waals surface area contributed by atoms with Gasteiger partial charge in [0.25, 0.3) is 0 Å². The van der Waals surface area contributed by atoms with E-state index in [9.17, 15) is 9.18 Å². The van der Waals surface area contributed by atoms with Crippen LogP contribution in [0, 0.1) is 5.82 Å². The van der Waals surface area contributed by atoms with E-state index in [0.717, 1.165) is 23.4 Å². The van der Waals surface area contributed by atoms with Crippen LogP contribution in [0.5, 0.6) is 0 Å². The third-order valence-electron chi connectivity index (χ3n) is 4.48. The highest BCUT2D eigenvalue weighted by Gasteiger charge is 2.33. The van der Waals surface area contributed by atoms with Crippen LogP contribution >= 0.6 is 11.3 Å². The monoisotopic (exact) mass is 301 g/mol. The zero-order valence-corrected chi connectivity index (χ0v) is 12.4. The molecule has 0 saturated carbocycles. The van der Waals surface area contributed by atoms with Gasteiger partial charge >= 0.3 is 0 Å². The Kier molecular flexibility index (Phi) is 3.07. The molecule has 1 unspecified atom stereocenters. The maximum absolute atomic E-state index is 13.2. The van der Waals surface area contributed by atoms with Crippen LogP contribution in [-0.2, 0) is 17.6 Å². The van der Waals surface area contributed by atoms with Crippen LogP contribution in [0.15, 0.2) is 24.3 Å². The Morgan fingerprint density at radius 1 is 1.14 bits per heavy atom. The number of rotatable bonds is 1. The van der Waals surface area contributed by atoms with E-state index >= 15 is 0 Å². The highest BCUT2D eigenvalue weighted by molar-refractivity contribution is 7.16. The number of fused-ring (bicyclic) bond motifs is 3. The summed E-state index contributed by atoms with van der Waals surface area (Å²) in [4.78, 5) is 13.4. The van der Waals surface area contributed by atoms with Gasteiger partial charge in [0.15, 0.2) is 0 Å². The van der Waals surface area contributed by atoms with Crippen molar-refractivity contribution in [1.82, 2.24) is 0 Å². The van der Waals surface area contributed by atoms with E-state index in [0.29, 0.717) is 6.42 Å². The lowest BCUT2D eigenvalue weighted by atomic mass is 9.82. The molecule has 0 radical (unpaired) electrons. The second-order valence-electron chi connectivity index (χ2n) is 5.81. The number of aryl methyl sites for hydroxylation is 1. The minimum absolute atomic E-state index is 0.0652. The molecule has 0 spiro atoms. The number of carbonyl (C=O) groups excluding carboxylic acids is 1. The van der Waals surface area contributed by atoms with Crippen molar-refractivity contribution in [3.05, 3.63) is 51.7 Å². The summed E-state index contributed by atoms with van der Waals surface area (Å²) in [7, 11) is 0. The quantitative estimate of drug-likeness (QED) is 0.838. The van der Waals surface area contributed by atoms with Gasteiger partial charge in [-0.1, -0.05) is 12.1 Å². The fourth-order valence-electron chi connectivity index (χ4n) is 3.50. The largest absolute Gasteiger partial charge is 0.317 e. The summed E-state index contributed by atoms with van der Waals surface area (Å²) in [5.74, 6) is -0.0885. The molecule has 2 nitrogen and oxygen atoms in total. The van der Waals surface area contributed by atoms with Gasteiger partial charge in [-0.15, -0.1) is 11.3 Å². The Balaban J connectivity index is 1.84. The molecule has 1 aromatic heterocycles. The van der Waals surface area contributed by atoms with Crippen molar-refractivity contribution in [2.75, 3.05) is 5.32 Å². The van der Waals surface area contributed by atoms with Crippen LogP contribution in [0.1, 0.15) is 46.7 Å². The molecule has 0 bridgehead atoms. The lowest BCUT2D eigenvalue weighted by molar-refractivity contribution is -0.116. The molecule has 1 atom stereocenters. The summed E-state index contributed by atoms with van der Waals surface area (Å²) < 4.78 is 13.2. The molecule has 2 heterocycles. The van der Waals surface area contributed by atoms with Gasteiger partial charge in [0.05, 0.1) is 5.00 Å². The highest BCUT2D eigenvalue weighted by Crippen LogP contribution is 2.47. The number of nitrogens with one attached hydrogen (secondary N) is 1. The molecular weight excluding hydrogens is 285 g/mol. The van der Waals surface area contributed by atoms with Gasteiger partial charge < -0.3 is 5.32 Å². The van der Waals surface area contributed by atoms with E-state index in [1.165, 1.54) is 41.0 Å². The van der Waals surface area contributed by atoms with Crippen LogP contribution in [0.2, 0.25) is 0 Å². The van der Waals surface area contributed by atoms with Crippen molar-refractivity contribution in [1.29, 1.82) is 0 Å². The predicted octanol–water partition coefficient (Wildman–Crippen LogP) is 4.24. The third-order valence-corrected chi connectivity index (χ3v) is 5.70. The molecule has 1 aromatic carbocycles. The molecule has 0 saturated heterocycles. The van der Waals surface area contributed by atoms with E-state index in [1.54, 1.807) is 11.3 Å². The number of carbonyl (C=O) groups is 1. The van der Waals surface area contributed by atoms with Crippen molar-refractivity contribution < 1.29 is 9.18 Å².